The fourth-order valence-corrected chi connectivity index (χ4v) is 5.03. The number of benzene rings is 5. The van der Waals surface area contributed by atoms with Crippen molar-refractivity contribution >= 4 is 43.5 Å². The number of para-hydroxylation sites is 2. The smallest absolute Gasteiger partial charge is 0.160 e. The molecule has 0 bridgehead atoms. The Labute approximate surface area is 190 Å². The van der Waals surface area contributed by atoms with Crippen LogP contribution in [0, 0.1) is 0 Å². The van der Waals surface area contributed by atoms with Crippen molar-refractivity contribution in [2.45, 2.75) is 0 Å². The molecule has 0 aliphatic carbocycles. The Morgan fingerprint density at radius 3 is 1.67 bits per heavy atom. The fraction of sp³-hybridized carbons (Fsp3) is 0. The highest BCUT2D eigenvalue weighted by molar-refractivity contribution is 6.23. The summed E-state index contributed by atoms with van der Waals surface area (Å²) in [4.78, 5) is 9.20. The van der Waals surface area contributed by atoms with Crippen LogP contribution in [-0.2, 0) is 0 Å². The Morgan fingerprint density at radius 1 is 0.455 bits per heavy atom. The lowest BCUT2D eigenvalue weighted by Gasteiger charge is -2.16. The molecule has 0 spiro atoms. The third-order valence-electron chi connectivity index (χ3n) is 6.39. The van der Waals surface area contributed by atoms with Gasteiger partial charge in [0.15, 0.2) is 5.82 Å². The van der Waals surface area contributed by atoms with E-state index in [0.29, 0.717) is 0 Å². The molecule has 33 heavy (non-hydrogen) atoms. The van der Waals surface area contributed by atoms with Crippen LogP contribution >= 0.6 is 0 Å². The van der Waals surface area contributed by atoms with E-state index < -0.39 is 0 Å². The molecule has 0 aliphatic heterocycles. The van der Waals surface area contributed by atoms with Gasteiger partial charge < -0.3 is 4.42 Å². The third-order valence-corrected chi connectivity index (χ3v) is 6.39. The molecule has 0 saturated carbocycles. The van der Waals surface area contributed by atoms with Crippen LogP contribution in [0.25, 0.3) is 66.0 Å². The molecule has 0 unspecified atom stereocenters. The zero-order valence-electron chi connectivity index (χ0n) is 17.7. The van der Waals surface area contributed by atoms with E-state index in [1.54, 1.807) is 12.4 Å². The van der Waals surface area contributed by atoms with Gasteiger partial charge in [0.2, 0.25) is 0 Å². The number of rotatable bonds is 2. The van der Waals surface area contributed by atoms with Gasteiger partial charge in [0.05, 0.1) is 0 Å². The van der Waals surface area contributed by atoms with Gasteiger partial charge in [-0.3, -0.25) is 0 Å². The van der Waals surface area contributed by atoms with Crippen LogP contribution in [0.3, 0.4) is 0 Å². The van der Waals surface area contributed by atoms with Gasteiger partial charge in [-0.15, -0.1) is 0 Å². The van der Waals surface area contributed by atoms with E-state index in [1.807, 2.05) is 18.2 Å². The Morgan fingerprint density at radius 2 is 1.00 bits per heavy atom. The third kappa shape index (κ3) is 2.63. The zero-order chi connectivity index (χ0) is 21.8. The van der Waals surface area contributed by atoms with E-state index in [0.717, 1.165) is 60.4 Å². The molecule has 3 heteroatoms. The van der Waals surface area contributed by atoms with Crippen molar-refractivity contribution in [1.82, 2.24) is 9.97 Å². The second-order valence-electron chi connectivity index (χ2n) is 8.19. The van der Waals surface area contributed by atoms with Crippen LogP contribution in [0.5, 0.6) is 0 Å². The molecule has 0 atom stereocenters. The molecule has 0 radical (unpaired) electrons. The van der Waals surface area contributed by atoms with Crippen molar-refractivity contribution in [3.05, 3.63) is 109 Å². The highest BCUT2D eigenvalue weighted by Gasteiger charge is 2.20. The van der Waals surface area contributed by atoms with Gasteiger partial charge in [-0.05, 0) is 33.7 Å². The minimum Gasteiger partial charge on any atom is -0.455 e. The summed E-state index contributed by atoms with van der Waals surface area (Å²) in [6, 6.07) is 33.5. The van der Waals surface area contributed by atoms with Gasteiger partial charge in [0, 0.05) is 39.9 Å². The highest BCUT2D eigenvalue weighted by Crippen LogP contribution is 2.45. The Bertz CT molecular complexity index is 1760. The largest absolute Gasteiger partial charge is 0.455 e. The molecule has 7 aromatic rings. The number of fused-ring (bicyclic) bond motifs is 5. The van der Waals surface area contributed by atoms with Crippen molar-refractivity contribution in [1.29, 1.82) is 0 Å². The summed E-state index contributed by atoms with van der Waals surface area (Å²) in [7, 11) is 0. The predicted octanol–water partition coefficient (Wildman–Crippen LogP) is 8.02. The maximum atomic E-state index is 6.43. The Kier molecular flexibility index (Phi) is 3.84. The van der Waals surface area contributed by atoms with Crippen LogP contribution in [0.4, 0.5) is 0 Å². The van der Waals surface area contributed by atoms with E-state index in [2.05, 4.69) is 88.8 Å². The number of hydrogen-bond donors (Lipinski definition) is 0. The molecule has 2 aromatic heterocycles. The summed E-state index contributed by atoms with van der Waals surface area (Å²) < 4.78 is 6.43. The molecule has 2 heterocycles. The van der Waals surface area contributed by atoms with E-state index in [1.165, 1.54) is 5.56 Å². The molecule has 7 rings (SSSR count). The Balaban J connectivity index is 1.69. The number of nitrogens with zero attached hydrogens (tertiary/aromatic N) is 2. The first-order chi connectivity index (χ1) is 16.4. The normalized spacial score (nSPS) is 11.6. The lowest BCUT2D eigenvalue weighted by Crippen LogP contribution is -1.94. The predicted molar refractivity (Wildman–Crippen MR) is 135 cm³/mol. The molecule has 0 aliphatic rings. The van der Waals surface area contributed by atoms with Gasteiger partial charge in [-0.2, -0.15) is 0 Å². The average Bonchev–Trinajstić information content (AvgIpc) is 3.27. The van der Waals surface area contributed by atoms with E-state index >= 15 is 0 Å². The first-order valence-corrected chi connectivity index (χ1v) is 11.0. The van der Waals surface area contributed by atoms with Gasteiger partial charge >= 0.3 is 0 Å². The summed E-state index contributed by atoms with van der Waals surface area (Å²) in [5, 5.41) is 6.85. The monoisotopic (exact) mass is 422 g/mol. The molecular weight excluding hydrogens is 404 g/mol. The van der Waals surface area contributed by atoms with Crippen molar-refractivity contribution < 1.29 is 4.42 Å². The molecule has 154 valence electrons. The van der Waals surface area contributed by atoms with Gasteiger partial charge in [0.1, 0.15) is 11.2 Å². The lowest BCUT2D eigenvalue weighted by atomic mass is 9.87. The summed E-state index contributed by atoms with van der Waals surface area (Å²) in [6.45, 7) is 0. The topological polar surface area (TPSA) is 38.9 Å². The van der Waals surface area contributed by atoms with Crippen LogP contribution in [0.1, 0.15) is 0 Å². The molecule has 5 aromatic carbocycles. The second-order valence-corrected chi connectivity index (χ2v) is 8.19. The maximum Gasteiger partial charge on any atom is 0.160 e. The summed E-state index contributed by atoms with van der Waals surface area (Å²) in [6.07, 6.45) is 3.60. The molecule has 0 N–H and O–H groups in total. The molecular formula is C30H18N2O. The van der Waals surface area contributed by atoms with E-state index in [-0.39, 0.29) is 0 Å². The average molecular weight is 422 g/mol. The Hall–Kier alpha value is -4.50. The maximum absolute atomic E-state index is 6.43. The molecule has 0 amide bonds. The number of furan rings is 1. The minimum absolute atomic E-state index is 0.735. The standard InChI is InChI=1S/C30H18N2O/c1-3-12-22-20(10-1)27(21-11-2-4-13-23(21)28(22)30-31-17-8-18-32-30)25-15-7-14-24-19-9-5-6-16-26(19)33-29(24)25/h1-18H. The van der Waals surface area contributed by atoms with Crippen molar-refractivity contribution in [3.8, 4) is 22.5 Å². The summed E-state index contributed by atoms with van der Waals surface area (Å²) in [5.74, 6) is 0.735. The lowest BCUT2D eigenvalue weighted by molar-refractivity contribution is 0.670. The van der Waals surface area contributed by atoms with E-state index in [9.17, 15) is 0 Å². The highest BCUT2D eigenvalue weighted by atomic mass is 16.3. The van der Waals surface area contributed by atoms with Gasteiger partial charge in [-0.1, -0.05) is 84.9 Å². The van der Waals surface area contributed by atoms with E-state index in [4.69, 9.17) is 4.42 Å². The SMILES string of the molecule is c1cnc(-c2c3ccccc3c(-c3cccc4c3oc3ccccc34)c3ccccc23)nc1. The molecule has 0 fully saturated rings. The number of hydrogen-bond acceptors (Lipinski definition) is 3. The summed E-state index contributed by atoms with van der Waals surface area (Å²) >= 11 is 0. The zero-order valence-corrected chi connectivity index (χ0v) is 17.7. The van der Waals surface area contributed by atoms with Crippen LogP contribution < -0.4 is 0 Å². The van der Waals surface area contributed by atoms with Crippen molar-refractivity contribution in [2.75, 3.05) is 0 Å². The fourth-order valence-electron chi connectivity index (χ4n) is 5.03. The quantitative estimate of drug-likeness (QED) is 0.265. The van der Waals surface area contributed by atoms with Crippen molar-refractivity contribution in [3.63, 3.8) is 0 Å². The first kappa shape index (κ1) is 18.1. The molecule has 0 saturated heterocycles. The van der Waals surface area contributed by atoms with Gasteiger partial charge in [-0.25, -0.2) is 9.97 Å². The van der Waals surface area contributed by atoms with Crippen LogP contribution in [0.2, 0.25) is 0 Å². The number of aromatic nitrogens is 2. The van der Waals surface area contributed by atoms with Crippen molar-refractivity contribution in [2.24, 2.45) is 0 Å². The van der Waals surface area contributed by atoms with Crippen LogP contribution in [-0.4, -0.2) is 9.97 Å². The molecule has 3 nitrogen and oxygen atoms in total. The minimum atomic E-state index is 0.735. The first-order valence-electron chi connectivity index (χ1n) is 11.0. The van der Waals surface area contributed by atoms with Crippen LogP contribution in [0.15, 0.2) is 114 Å². The summed E-state index contributed by atoms with van der Waals surface area (Å²) in [5.41, 5.74) is 5.14. The van der Waals surface area contributed by atoms with Gasteiger partial charge in [0.25, 0.3) is 0 Å². The second kappa shape index (κ2) is 7.01.